The summed E-state index contributed by atoms with van der Waals surface area (Å²) in [7, 11) is 6.40. The molecule has 6 rings (SSSR count). The summed E-state index contributed by atoms with van der Waals surface area (Å²) in [6.45, 7) is 11.4. The molecular weight excluding hydrogens is 808 g/mol. The second kappa shape index (κ2) is 20.1. The molecule has 57 heavy (non-hydrogen) atoms. The first-order valence-corrected chi connectivity index (χ1v) is 20.5. The van der Waals surface area contributed by atoms with Gasteiger partial charge in [0.05, 0.1) is 11.4 Å². The van der Waals surface area contributed by atoms with E-state index in [1.807, 2.05) is 102 Å². The molecule has 0 unspecified atom stereocenters. The van der Waals surface area contributed by atoms with Gasteiger partial charge in [-0.25, -0.2) is 14.8 Å². The minimum atomic E-state index is -0.510. The summed E-state index contributed by atoms with van der Waals surface area (Å²) >= 11 is 12.6. The largest absolute Gasteiger partial charge is 0.511 e. The van der Waals surface area contributed by atoms with Crippen LogP contribution >= 0.6 is 45.9 Å². The first-order valence-electron chi connectivity index (χ1n) is 17.7. The van der Waals surface area contributed by atoms with Crippen molar-refractivity contribution in [2.75, 3.05) is 34.6 Å². The minimum absolute atomic E-state index is 0.113. The SMILES string of the molecule is CCl.CN(C)C(=O)Cl.Cc1sc(-c2ccccc2)nc1C1=C(O)CC(C)(C)NC1=O.Cc1sc(-c2ccccc2)nc1C1=C(OC(=O)N(C)C)CC(C)(C)NC1=O. The number of amides is 4. The Morgan fingerprint density at radius 3 is 1.49 bits per heavy atom. The van der Waals surface area contributed by atoms with Crippen LogP contribution in [0.25, 0.3) is 32.3 Å². The van der Waals surface area contributed by atoms with Crippen LogP contribution in [0.2, 0.25) is 0 Å². The summed E-state index contributed by atoms with van der Waals surface area (Å²) in [5.41, 5.74) is 2.84. The highest BCUT2D eigenvalue weighted by molar-refractivity contribution is 7.15. The fourth-order valence-electron chi connectivity index (χ4n) is 5.52. The molecule has 0 aliphatic carbocycles. The standard InChI is InChI=1S/C20H23N3O3S.C17H18N2O2S.C3H6ClNO.CH3Cl/c1-12-16(21-18(27-12)13-9-7-6-8-10-13)15-14(26-19(25)23(4)5)11-20(2,3)22-17(15)24;1-10-14(13-12(20)9-17(2,3)19-15(13)21)18-16(22-10)11-7-5-4-6-8-11;1-5(2)3(4)6;1-2/h6-10H,11H2,1-5H3,(H,22,24);4-8,20H,9H2,1-3H3,(H,19,21);1-2H3;1H3. The van der Waals surface area contributed by atoms with Crippen LogP contribution in [0.5, 0.6) is 0 Å². The van der Waals surface area contributed by atoms with Crippen molar-refractivity contribution in [1.29, 1.82) is 0 Å². The number of benzene rings is 2. The molecule has 2 aliphatic rings. The maximum atomic E-state index is 12.9. The second-order valence-corrected chi connectivity index (χ2v) is 17.4. The molecule has 0 fully saturated rings. The molecule has 3 N–H and O–H groups in total. The Kier molecular flexibility index (Phi) is 16.4. The van der Waals surface area contributed by atoms with Gasteiger partial charge >= 0.3 is 11.5 Å². The van der Waals surface area contributed by atoms with E-state index in [2.05, 4.69) is 27.2 Å². The lowest BCUT2D eigenvalue weighted by atomic mass is 9.91. The van der Waals surface area contributed by atoms with Gasteiger partial charge in [-0.15, -0.1) is 34.3 Å². The average molecular weight is 858 g/mol. The number of rotatable bonds is 5. The van der Waals surface area contributed by atoms with E-state index in [1.54, 1.807) is 28.2 Å². The van der Waals surface area contributed by atoms with Crippen LogP contribution < -0.4 is 10.6 Å². The Morgan fingerprint density at radius 1 is 0.719 bits per heavy atom. The lowest BCUT2D eigenvalue weighted by Gasteiger charge is -2.33. The van der Waals surface area contributed by atoms with Crippen molar-refractivity contribution in [3.8, 4) is 21.1 Å². The Morgan fingerprint density at radius 2 is 1.11 bits per heavy atom. The number of hydrogen-bond acceptors (Lipinski definition) is 10. The highest BCUT2D eigenvalue weighted by atomic mass is 35.5. The third kappa shape index (κ3) is 12.6. The fourth-order valence-corrected chi connectivity index (χ4v) is 7.37. The van der Waals surface area contributed by atoms with Crippen molar-refractivity contribution in [2.45, 2.75) is 65.5 Å². The van der Waals surface area contributed by atoms with Crippen LogP contribution in [0.1, 0.15) is 61.7 Å². The average Bonchev–Trinajstić information content (AvgIpc) is 3.70. The van der Waals surface area contributed by atoms with Gasteiger partial charge in [-0.2, -0.15) is 0 Å². The summed E-state index contributed by atoms with van der Waals surface area (Å²) < 4.78 is 5.57. The number of halogens is 2. The maximum Gasteiger partial charge on any atom is 0.414 e. The summed E-state index contributed by atoms with van der Waals surface area (Å²) in [5.74, 6) is -0.0696. The zero-order valence-corrected chi connectivity index (χ0v) is 37.2. The van der Waals surface area contributed by atoms with E-state index in [4.69, 9.17) is 21.3 Å². The number of thiazole rings is 2. The third-order valence-electron chi connectivity index (χ3n) is 8.17. The van der Waals surface area contributed by atoms with E-state index in [1.165, 1.54) is 38.9 Å². The van der Waals surface area contributed by atoms with Crippen LogP contribution in [0.3, 0.4) is 0 Å². The van der Waals surface area contributed by atoms with Crippen LogP contribution in [0, 0.1) is 13.8 Å². The third-order valence-corrected chi connectivity index (χ3v) is 10.6. The smallest absolute Gasteiger partial charge is 0.414 e. The van der Waals surface area contributed by atoms with Gasteiger partial charge in [0.15, 0.2) is 0 Å². The number of aliphatic hydroxyl groups excluding tert-OH is 1. The molecule has 0 saturated heterocycles. The Labute approximate surface area is 352 Å². The van der Waals surface area contributed by atoms with Crippen LogP contribution in [0.15, 0.2) is 72.2 Å². The molecule has 12 nitrogen and oxygen atoms in total. The number of carbonyl (C=O) groups excluding carboxylic acids is 4. The van der Waals surface area contributed by atoms with Gasteiger partial charge in [0, 0.05) is 79.4 Å². The van der Waals surface area contributed by atoms with Gasteiger partial charge in [0.2, 0.25) is 0 Å². The topological polar surface area (TPSA) is 154 Å². The summed E-state index contributed by atoms with van der Waals surface area (Å²) in [5, 5.41) is 17.5. The molecule has 2 aromatic carbocycles. The van der Waals surface area contributed by atoms with Crippen molar-refractivity contribution in [3.63, 3.8) is 0 Å². The molecule has 2 aromatic heterocycles. The van der Waals surface area contributed by atoms with Crippen LogP contribution in [-0.2, 0) is 14.3 Å². The van der Waals surface area contributed by atoms with Gasteiger partial charge < -0.3 is 30.3 Å². The van der Waals surface area contributed by atoms with Crippen molar-refractivity contribution in [2.24, 2.45) is 0 Å². The van der Waals surface area contributed by atoms with E-state index in [0.29, 0.717) is 41.1 Å². The van der Waals surface area contributed by atoms with E-state index in [0.717, 1.165) is 30.9 Å². The Hall–Kier alpha value is -4.76. The van der Waals surface area contributed by atoms with Crippen molar-refractivity contribution >= 4 is 80.3 Å². The number of aryl methyl sites for hydroxylation is 2. The molecule has 0 saturated carbocycles. The van der Waals surface area contributed by atoms with Gasteiger partial charge in [-0.05, 0) is 53.1 Å². The van der Waals surface area contributed by atoms with E-state index in [9.17, 15) is 24.3 Å². The maximum absolute atomic E-state index is 12.9. The van der Waals surface area contributed by atoms with E-state index in [-0.39, 0.29) is 17.6 Å². The molecule has 306 valence electrons. The molecule has 4 amide bonds. The highest BCUT2D eigenvalue weighted by Gasteiger charge is 2.37. The highest BCUT2D eigenvalue weighted by Crippen LogP contribution is 2.38. The van der Waals surface area contributed by atoms with Crippen molar-refractivity contribution in [3.05, 3.63) is 93.3 Å². The predicted molar refractivity (Wildman–Crippen MR) is 232 cm³/mol. The molecule has 0 bridgehead atoms. The van der Waals surface area contributed by atoms with Crippen molar-refractivity contribution < 1.29 is 29.0 Å². The first kappa shape index (κ1) is 46.6. The quantitative estimate of drug-likeness (QED) is 0.102. The molecule has 16 heteroatoms. The molecule has 0 spiro atoms. The molecule has 4 aromatic rings. The van der Waals surface area contributed by atoms with E-state index >= 15 is 0 Å². The first-order chi connectivity index (χ1) is 26.7. The normalized spacial score (nSPS) is 15.3. The Balaban J connectivity index is 0.000000261. The number of nitrogens with one attached hydrogen (secondary N) is 2. The number of ether oxygens (including phenoxy) is 1. The monoisotopic (exact) mass is 856 g/mol. The predicted octanol–water partition coefficient (Wildman–Crippen LogP) is 9.27. The fraction of sp³-hybridized carbons (Fsp3) is 0.366. The number of nitrogens with zero attached hydrogens (tertiary/aromatic N) is 4. The van der Waals surface area contributed by atoms with Gasteiger partial charge in [0.1, 0.15) is 32.7 Å². The summed E-state index contributed by atoms with van der Waals surface area (Å²) in [4.78, 5) is 60.9. The molecule has 0 atom stereocenters. The zero-order chi connectivity index (χ0) is 42.8. The van der Waals surface area contributed by atoms with Crippen LogP contribution in [0.4, 0.5) is 9.59 Å². The van der Waals surface area contributed by atoms with Gasteiger partial charge in [0.25, 0.3) is 11.8 Å². The number of carbonyl (C=O) groups is 4. The summed E-state index contributed by atoms with van der Waals surface area (Å²) in [6.07, 6.45) is 1.78. The molecule has 0 radical (unpaired) electrons. The molecule has 2 aliphatic heterocycles. The number of alkyl halides is 1. The lowest BCUT2D eigenvalue weighted by molar-refractivity contribution is -0.118. The summed E-state index contributed by atoms with van der Waals surface area (Å²) in [6, 6.07) is 19.6. The van der Waals surface area contributed by atoms with E-state index < -0.39 is 22.5 Å². The van der Waals surface area contributed by atoms with Crippen LogP contribution in [-0.4, -0.2) is 93.8 Å². The van der Waals surface area contributed by atoms with Gasteiger partial charge in [-0.3, -0.25) is 14.4 Å². The zero-order valence-electron chi connectivity index (χ0n) is 34.0. The number of aromatic nitrogens is 2. The molecule has 4 heterocycles. The lowest BCUT2D eigenvalue weighted by Crippen LogP contribution is -2.48. The Bertz CT molecular complexity index is 2130. The minimum Gasteiger partial charge on any atom is -0.511 e. The second-order valence-electron chi connectivity index (χ2n) is 14.6. The van der Waals surface area contributed by atoms with Crippen molar-refractivity contribution in [1.82, 2.24) is 30.4 Å². The number of hydrogen-bond donors (Lipinski definition) is 3. The molecular formula is C41H50Cl2N6O6S2. The number of aliphatic hydroxyl groups is 1. The van der Waals surface area contributed by atoms with Gasteiger partial charge in [-0.1, -0.05) is 60.7 Å².